The Labute approximate surface area is 113 Å². The summed E-state index contributed by atoms with van der Waals surface area (Å²) in [4.78, 5) is 23.1. The van der Waals surface area contributed by atoms with E-state index in [2.05, 4.69) is 5.32 Å². The molecule has 104 valence electrons. The molecule has 0 saturated carbocycles. The molecule has 0 aliphatic rings. The molecule has 5 heteroatoms. The van der Waals surface area contributed by atoms with Gasteiger partial charge in [-0.15, -0.1) is 0 Å². The van der Waals surface area contributed by atoms with Gasteiger partial charge in [0, 0.05) is 12.0 Å². The smallest absolute Gasteiger partial charge is 0.326 e. The van der Waals surface area contributed by atoms with Crippen LogP contribution in [0.3, 0.4) is 0 Å². The third-order valence-electron chi connectivity index (χ3n) is 2.73. The molecule has 0 aliphatic carbocycles. The van der Waals surface area contributed by atoms with Crippen molar-refractivity contribution in [1.82, 2.24) is 5.32 Å². The number of hydrogen-bond acceptors (Lipinski definition) is 2. The van der Waals surface area contributed by atoms with Crippen molar-refractivity contribution in [2.45, 2.75) is 12.5 Å². The van der Waals surface area contributed by atoms with Gasteiger partial charge in [-0.25, -0.2) is 4.79 Å². The van der Waals surface area contributed by atoms with Crippen molar-refractivity contribution < 1.29 is 19.2 Å². The molecule has 1 atom stereocenters. The molecular formula is C14H21N2O3+. The maximum absolute atomic E-state index is 11.9. The summed E-state index contributed by atoms with van der Waals surface area (Å²) in [5.41, 5.74) is 0.471. The fourth-order valence-corrected chi connectivity index (χ4v) is 1.60. The molecule has 0 radical (unpaired) electrons. The Balaban J connectivity index is 2.64. The quantitative estimate of drug-likeness (QED) is 0.753. The van der Waals surface area contributed by atoms with E-state index in [4.69, 9.17) is 5.11 Å². The molecule has 1 amide bonds. The first-order valence-corrected chi connectivity index (χ1v) is 6.19. The van der Waals surface area contributed by atoms with E-state index in [1.54, 1.807) is 24.3 Å². The lowest BCUT2D eigenvalue weighted by atomic mass is 10.1. The molecule has 0 unspecified atom stereocenters. The minimum Gasteiger partial charge on any atom is -0.480 e. The van der Waals surface area contributed by atoms with E-state index in [0.29, 0.717) is 23.0 Å². The number of rotatable bonds is 6. The Morgan fingerprint density at radius 1 is 1.21 bits per heavy atom. The number of nitrogens with zero attached hydrogens (tertiary/aromatic N) is 1. The molecule has 19 heavy (non-hydrogen) atoms. The molecule has 0 bridgehead atoms. The van der Waals surface area contributed by atoms with E-state index in [-0.39, 0.29) is 5.91 Å². The van der Waals surface area contributed by atoms with Crippen LogP contribution >= 0.6 is 0 Å². The summed E-state index contributed by atoms with van der Waals surface area (Å²) in [6.07, 6.45) is 0.400. The van der Waals surface area contributed by atoms with Gasteiger partial charge in [0.25, 0.3) is 5.91 Å². The zero-order valence-corrected chi connectivity index (χ0v) is 11.6. The van der Waals surface area contributed by atoms with Crippen LogP contribution in [0.4, 0.5) is 0 Å². The standard InChI is InChI=1S/C14H20N2O3/c1-16(2,3)10-9-12(14(18)19)15-13(17)11-7-5-4-6-8-11/h4-8,12H,9-10H2,1-3H3,(H-,15,17,18,19)/p+1/t12-/m1/s1. The summed E-state index contributed by atoms with van der Waals surface area (Å²) >= 11 is 0. The second-order valence-electron chi connectivity index (χ2n) is 5.53. The van der Waals surface area contributed by atoms with Crippen molar-refractivity contribution in [1.29, 1.82) is 0 Å². The first kappa shape index (κ1) is 15.2. The van der Waals surface area contributed by atoms with Gasteiger partial charge in [0.15, 0.2) is 0 Å². The second kappa shape index (κ2) is 6.33. The molecule has 1 rings (SSSR count). The summed E-state index contributed by atoms with van der Waals surface area (Å²) in [7, 11) is 5.95. The lowest BCUT2D eigenvalue weighted by Gasteiger charge is -2.25. The van der Waals surface area contributed by atoms with Gasteiger partial charge in [-0.05, 0) is 12.1 Å². The van der Waals surface area contributed by atoms with Crippen molar-refractivity contribution >= 4 is 11.9 Å². The Bertz CT molecular complexity index is 438. The van der Waals surface area contributed by atoms with E-state index in [1.807, 2.05) is 27.2 Å². The van der Waals surface area contributed by atoms with Crippen LogP contribution in [-0.4, -0.2) is 55.2 Å². The van der Waals surface area contributed by atoms with E-state index < -0.39 is 12.0 Å². The maximum Gasteiger partial charge on any atom is 0.326 e. The molecule has 0 heterocycles. The van der Waals surface area contributed by atoms with E-state index in [9.17, 15) is 9.59 Å². The monoisotopic (exact) mass is 265 g/mol. The molecule has 1 aromatic carbocycles. The van der Waals surface area contributed by atoms with Crippen LogP contribution in [0.25, 0.3) is 0 Å². The fraction of sp³-hybridized carbons (Fsp3) is 0.429. The summed E-state index contributed by atoms with van der Waals surface area (Å²) in [6, 6.07) is 7.77. The van der Waals surface area contributed by atoms with Gasteiger partial charge in [-0.3, -0.25) is 4.79 Å². The van der Waals surface area contributed by atoms with Gasteiger partial charge in [-0.2, -0.15) is 0 Å². The fourth-order valence-electron chi connectivity index (χ4n) is 1.60. The van der Waals surface area contributed by atoms with Crippen molar-refractivity contribution in [2.75, 3.05) is 27.7 Å². The molecular weight excluding hydrogens is 244 g/mol. The number of nitrogens with one attached hydrogen (secondary N) is 1. The molecule has 0 aliphatic heterocycles. The van der Waals surface area contributed by atoms with Crippen molar-refractivity contribution in [3.8, 4) is 0 Å². The highest BCUT2D eigenvalue weighted by atomic mass is 16.4. The maximum atomic E-state index is 11.9. The largest absolute Gasteiger partial charge is 0.480 e. The second-order valence-corrected chi connectivity index (χ2v) is 5.53. The molecule has 0 fully saturated rings. The Morgan fingerprint density at radius 2 is 1.79 bits per heavy atom. The van der Waals surface area contributed by atoms with Gasteiger partial charge in [0.1, 0.15) is 6.04 Å². The van der Waals surface area contributed by atoms with Crippen LogP contribution in [-0.2, 0) is 4.79 Å². The molecule has 2 N–H and O–H groups in total. The van der Waals surface area contributed by atoms with E-state index in [0.717, 1.165) is 0 Å². The highest BCUT2D eigenvalue weighted by Gasteiger charge is 2.23. The van der Waals surface area contributed by atoms with Crippen LogP contribution < -0.4 is 5.32 Å². The minimum atomic E-state index is -1.00. The molecule has 1 aromatic rings. The minimum absolute atomic E-state index is 0.352. The average Bonchev–Trinajstić information content (AvgIpc) is 2.33. The normalized spacial score (nSPS) is 12.8. The summed E-state index contributed by atoms with van der Waals surface area (Å²) in [6.45, 7) is 0.673. The molecule has 0 spiro atoms. The van der Waals surface area contributed by atoms with Gasteiger partial charge in [0.2, 0.25) is 0 Å². The summed E-state index contributed by atoms with van der Waals surface area (Å²) in [5.74, 6) is -1.35. The lowest BCUT2D eigenvalue weighted by Crippen LogP contribution is -2.45. The summed E-state index contributed by atoms with van der Waals surface area (Å²) < 4.78 is 0.658. The van der Waals surface area contributed by atoms with Gasteiger partial charge in [-0.1, -0.05) is 18.2 Å². The molecule has 0 aromatic heterocycles. The Hall–Kier alpha value is -1.88. The zero-order valence-electron chi connectivity index (χ0n) is 11.6. The molecule has 5 nitrogen and oxygen atoms in total. The highest BCUT2D eigenvalue weighted by Crippen LogP contribution is 2.03. The lowest BCUT2D eigenvalue weighted by molar-refractivity contribution is -0.870. The number of quaternary nitrogens is 1. The average molecular weight is 265 g/mol. The number of benzene rings is 1. The summed E-state index contributed by atoms with van der Waals surface area (Å²) in [5, 5.41) is 11.7. The number of hydrogen-bond donors (Lipinski definition) is 2. The van der Waals surface area contributed by atoms with Crippen molar-refractivity contribution in [3.05, 3.63) is 35.9 Å². The first-order valence-electron chi connectivity index (χ1n) is 6.19. The van der Waals surface area contributed by atoms with E-state index >= 15 is 0 Å². The Morgan fingerprint density at radius 3 is 2.26 bits per heavy atom. The van der Waals surface area contributed by atoms with Crippen molar-refractivity contribution in [2.24, 2.45) is 0 Å². The molecule has 0 saturated heterocycles. The number of carbonyl (C=O) groups is 2. The number of carboxylic acids is 1. The third kappa shape index (κ3) is 5.52. The van der Waals surface area contributed by atoms with Gasteiger partial charge < -0.3 is 14.9 Å². The number of carboxylic acid groups (broad SMARTS) is 1. The topological polar surface area (TPSA) is 66.4 Å². The van der Waals surface area contributed by atoms with Crippen LogP contribution in [0, 0.1) is 0 Å². The SMILES string of the molecule is C[N+](C)(C)CC[C@@H](NC(=O)c1ccccc1)C(=O)O. The van der Waals surface area contributed by atoms with Crippen LogP contribution in [0.2, 0.25) is 0 Å². The first-order chi connectivity index (χ1) is 8.79. The number of amides is 1. The van der Waals surface area contributed by atoms with Gasteiger partial charge in [0.05, 0.1) is 27.7 Å². The predicted molar refractivity (Wildman–Crippen MR) is 72.8 cm³/mol. The van der Waals surface area contributed by atoms with Crippen molar-refractivity contribution in [3.63, 3.8) is 0 Å². The number of aliphatic carboxylic acids is 1. The van der Waals surface area contributed by atoms with Crippen LogP contribution in [0.1, 0.15) is 16.8 Å². The third-order valence-corrected chi connectivity index (χ3v) is 2.73. The number of carbonyl (C=O) groups excluding carboxylic acids is 1. The zero-order chi connectivity index (χ0) is 14.5. The Kier molecular flexibility index (Phi) is 5.06. The highest BCUT2D eigenvalue weighted by molar-refractivity contribution is 5.96. The van der Waals surface area contributed by atoms with E-state index in [1.165, 1.54) is 0 Å². The van der Waals surface area contributed by atoms with Crippen LogP contribution in [0.15, 0.2) is 30.3 Å². The van der Waals surface area contributed by atoms with Gasteiger partial charge >= 0.3 is 5.97 Å². The van der Waals surface area contributed by atoms with Crippen LogP contribution in [0.5, 0.6) is 0 Å². The predicted octanol–water partition coefficient (Wildman–Crippen LogP) is 0.966.